The Labute approximate surface area is 184 Å². The van der Waals surface area contributed by atoms with Crippen LogP contribution in [0.25, 0.3) is 10.9 Å². The molecule has 0 spiro atoms. The first-order valence-corrected chi connectivity index (χ1v) is 12.2. The normalized spacial score (nSPS) is 29.9. The first kappa shape index (κ1) is 21.0. The van der Waals surface area contributed by atoms with Gasteiger partial charge in [-0.1, -0.05) is 32.4 Å². The van der Waals surface area contributed by atoms with Crippen molar-refractivity contribution in [3.8, 4) is 0 Å². The van der Waals surface area contributed by atoms with Crippen LogP contribution in [0.4, 0.5) is 0 Å². The largest absolute Gasteiger partial charge is 0.368 e. The number of hydrogen-bond acceptors (Lipinski definition) is 3. The van der Waals surface area contributed by atoms with Crippen LogP contribution in [-0.4, -0.2) is 44.9 Å². The molecular weight excluding hydrogens is 388 g/mol. The molecule has 2 aromatic rings. The number of aromatic amines is 1. The standard InChI is InChI=1S/C26H36N2O3/c1-16(19-15-27-21-8-3-6-18(24(19)21)17-10-11-17)14-23(29)28-13-5-7-20-22(28)9-4-12-26(20,2)25(30)31/h3,6,8,15-17,20,22,25,27,30-31H,4-5,7,9-14H2,1-2H3. The average Bonchev–Trinajstić information content (AvgIpc) is 3.51. The van der Waals surface area contributed by atoms with Crippen LogP contribution < -0.4 is 0 Å². The zero-order valence-electron chi connectivity index (χ0n) is 18.8. The lowest BCUT2D eigenvalue weighted by Crippen LogP contribution is -2.57. The number of carbonyl (C=O) groups is 1. The summed E-state index contributed by atoms with van der Waals surface area (Å²) in [6.07, 6.45) is 8.50. The molecule has 168 valence electrons. The maximum Gasteiger partial charge on any atom is 0.223 e. The van der Waals surface area contributed by atoms with Crippen molar-refractivity contribution in [2.24, 2.45) is 11.3 Å². The van der Waals surface area contributed by atoms with Crippen LogP contribution in [0.5, 0.6) is 0 Å². The Morgan fingerprint density at radius 3 is 2.77 bits per heavy atom. The minimum Gasteiger partial charge on any atom is -0.368 e. The third-order valence-corrected chi connectivity index (χ3v) is 8.55. The van der Waals surface area contributed by atoms with Gasteiger partial charge in [0.1, 0.15) is 0 Å². The number of carbonyl (C=O) groups excluding carboxylic acids is 1. The van der Waals surface area contributed by atoms with E-state index in [0.29, 0.717) is 12.3 Å². The second-order valence-corrected chi connectivity index (χ2v) is 10.6. The average molecular weight is 425 g/mol. The summed E-state index contributed by atoms with van der Waals surface area (Å²) in [5, 5.41) is 21.5. The van der Waals surface area contributed by atoms with Crippen LogP contribution in [0, 0.1) is 11.3 Å². The first-order valence-electron chi connectivity index (χ1n) is 12.2. The second kappa shape index (κ2) is 7.93. The van der Waals surface area contributed by atoms with Gasteiger partial charge in [0, 0.05) is 41.5 Å². The van der Waals surface area contributed by atoms with Gasteiger partial charge in [0.05, 0.1) is 0 Å². The van der Waals surface area contributed by atoms with Crippen molar-refractivity contribution in [1.82, 2.24) is 9.88 Å². The zero-order chi connectivity index (χ0) is 21.8. The van der Waals surface area contributed by atoms with E-state index in [0.717, 1.165) is 38.6 Å². The highest BCUT2D eigenvalue weighted by Gasteiger charge is 2.50. The summed E-state index contributed by atoms with van der Waals surface area (Å²) in [6.45, 7) is 4.97. The number of hydrogen-bond donors (Lipinski definition) is 3. The van der Waals surface area contributed by atoms with E-state index in [9.17, 15) is 15.0 Å². The van der Waals surface area contributed by atoms with Gasteiger partial charge in [-0.2, -0.15) is 0 Å². The van der Waals surface area contributed by atoms with E-state index in [-0.39, 0.29) is 23.8 Å². The molecule has 0 radical (unpaired) electrons. The molecule has 3 N–H and O–H groups in total. The molecule has 5 rings (SSSR count). The van der Waals surface area contributed by atoms with Crippen LogP contribution >= 0.6 is 0 Å². The number of nitrogens with one attached hydrogen (secondary N) is 1. The SMILES string of the molecule is CC(CC(=O)N1CCCC2C1CCCC2(C)C(O)O)c1c[nH]c2cccc(C3CC3)c12. The van der Waals surface area contributed by atoms with Gasteiger partial charge in [-0.15, -0.1) is 0 Å². The van der Waals surface area contributed by atoms with Gasteiger partial charge in [-0.25, -0.2) is 0 Å². The maximum atomic E-state index is 13.5. The van der Waals surface area contributed by atoms with E-state index in [4.69, 9.17) is 0 Å². The smallest absolute Gasteiger partial charge is 0.223 e. The van der Waals surface area contributed by atoms with Gasteiger partial charge in [0.2, 0.25) is 5.91 Å². The topological polar surface area (TPSA) is 76.6 Å². The van der Waals surface area contributed by atoms with Crippen LogP contribution in [-0.2, 0) is 4.79 Å². The lowest BCUT2D eigenvalue weighted by Gasteiger charge is -2.53. The molecule has 2 aliphatic carbocycles. The molecule has 1 aliphatic heterocycles. The van der Waals surface area contributed by atoms with Crippen molar-refractivity contribution in [2.45, 2.75) is 89.4 Å². The molecule has 2 heterocycles. The molecule has 2 saturated carbocycles. The number of fused-ring (bicyclic) bond motifs is 2. The summed E-state index contributed by atoms with van der Waals surface area (Å²) in [5.41, 5.74) is 3.37. The van der Waals surface area contributed by atoms with Crippen LogP contribution in [0.2, 0.25) is 0 Å². The maximum absolute atomic E-state index is 13.5. The molecule has 5 heteroatoms. The Balaban J connectivity index is 1.36. The molecule has 4 atom stereocenters. The van der Waals surface area contributed by atoms with E-state index < -0.39 is 11.7 Å². The van der Waals surface area contributed by atoms with Crippen molar-refractivity contribution >= 4 is 16.8 Å². The molecule has 1 aromatic carbocycles. The Morgan fingerprint density at radius 1 is 1.23 bits per heavy atom. The second-order valence-electron chi connectivity index (χ2n) is 10.6. The summed E-state index contributed by atoms with van der Waals surface area (Å²) in [5.74, 6) is 1.22. The molecule has 1 saturated heterocycles. The van der Waals surface area contributed by atoms with Gasteiger partial charge in [0.15, 0.2) is 6.29 Å². The molecular formula is C26H36N2O3. The highest BCUT2D eigenvalue weighted by atomic mass is 16.5. The van der Waals surface area contributed by atoms with Crippen molar-refractivity contribution in [3.63, 3.8) is 0 Å². The van der Waals surface area contributed by atoms with E-state index in [1.807, 2.05) is 6.92 Å². The molecule has 3 fully saturated rings. The minimum absolute atomic E-state index is 0.138. The summed E-state index contributed by atoms with van der Waals surface area (Å²) in [7, 11) is 0. The van der Waals surface area contributed by atoms with Crippen molar-refractivity contribution < 1.29 is 15.0 Å². The molecule has 1 aromatic heterocycles. The van der Waals surface area contributed by atoms with Crippen molar-refractivity contribution in [3.05, 3.63) is 35.5 Å². The van der Waals surface area contributed by atoms with Crippen LogP contribution in [0.15, 0.2) is 24.4 Å². The number of H-pyrrole nitrogens is 1. The number of piperidine rings is 1. The molecule has 0 bridgehead atoms. The molecule has 3 aliphatic rings. The third kappa shape index (κ3) is 3.60. The minimum atomic E-state index is -1.32. The van der Waals surface area contributed by atoms with Gasteiger partial charge in [-0.05, 0) is 73.5 Å². The van der Waals surface area contributed by atoms with E-state index in [1.54, 1.807) is 0 Å². The highest BCUT2D eigenvalue weighted by Crippen LogP contribution is 2.49. The highest BCUT2D eigenvalue weighted by molar-refractivity contribution is 5.89. The van der Waals surface area contributed by atoms with Gasteiger partial charge in [0.25, 0.3) is 0 Å². The van der Waals surface area contributed by atoms with Gasteiger partial charge >= 0.3 is 0 Å². The predicted octanol–water partition coefficient (Wildman–Crippen LogP) is 4.65. The molecule has 4 unspecified atom stereocenters. The first-order chi connectivity index (χ1) is 14.9. The number of rotatable bonds is 5. The third-order valence-electron chi connectivity index (χ3n) is 8.55. The number of likely N-dealkylation sites (tertiary alicyclic amines) is 1. The Kier molecular flexibility index (Phi) is 5.38. The monoisotopic (exact) mass is 424 g/mol. The molecule has 5 nitrogen and oxygen atoms in total. The molecule has 1 amide bonds. The Hall–Kier alpha value is -1.85. The lowest BCUT2D eigenvalue weighted by molar-refractivity contribution is -0.187. The summed E-state index contributed by atoms with van der Waals surface area (Å²) in [6, 6.07) is 6.66. The van der Waals surface area contributed by atoms with Gasteiger partial charge < -0.3 is 20.1 Å². The summed E-state index contributed by atoms with van der Waals surface area (Å²) >= 11 is 0. The zero-order valence-corrected chi connectivity index (χ0v) is 18.8. The van der Waals surface area contributed by atoms with Gasteiger partial charge in [-0.3, -0.25) is 4.79 Å². The fourth-order valence-electron chi connectivity index (χ4n) is 6.54. The lowest BCUT2D eigenvalue weighted by atomic mass is 9.61. The van der Waals surface area contributed by atoms with Crippen LogP contribution in [0.1, 0.15) is 88.2 Å². The summed E-state index contributed by atoms with van der Waals surface area (Å²) < 4.78 is 0. The number of aromatic nitrogens is 1. The van der Waals surface area contributed by atoms with Crippen molar-refractivity contribution in [1.29, 1.82) is 0 Å². The number of aliphatic hydroxyl groups is 2. The number of amides is 1. The number of benzene rings is 1. The Morgan fingerprint density at radius 2 is 2.03 bits per heavy atom. The van der Waals surface area contributed by atoms with Crippen LogP contribution in [0.3, 0.4) is 0 Å². The summed E-state index contributed by atoms with van der Waals surface area (Å²) in [4.78, 5) is 19.0. The quantitative estimate of drug-likeness (QED) is 0.612. The number of aliphatic hydroxyl groups excluding tert-OH is 1. The van der Waals surface area contributed by atoms with E-state index >= 15 is 0 Å². The van der Waals surface area contributed by atoms with E-state index in [1.165, 1.54) is 34.9 Å². The fourth-order valence-corrected chi connectivity index (χ4v) is 6.54. The predicted molar refractivity (Wildman–Crippen MR) is 122 cm³/mol. The van der Waals surface area contributed by atoms with Crippen molar-refractivity contribution in [2.75, 3.05) is 6.54 Å². The Bertz CT molecular complexity index is 963. The molecule has 31 heavy (non-hydrogen) atoms. The number of nitrogens with zero attached hydrogens (tertiary/aromatic N) is 1. The van der Waals surface area contributed by atoms with E-state index in [2.05, 4.69) is 41.2 Å². The fraction of sp³-hybridized carbons (Fsp3) is 0.654.